The van der Waals surface area contributed by atoms with Crippen molar-refractivity contribution in [2.45, 2.75) is 52.1 Å². The minimum Gasteiger partial charge on any atom is -0.444 e. The predicted octanol–water partition coefficient (Wildman–Crippen LogP) is 3.95. The summed E-state index contributed by atoms with van der Waals surface area (Å²) in [6, 6.07) is 8.74. The maximum atomic E-state index is 12.4. The Kier molecular flexibility index (Phi) is 6.27. The first kappa shape index (κ1) is 18.8. The fourth-order valence-electron chi connectivity index (χ4n) is 3.51. The van der Waals surface area contributed by atoms with Crippen molar-refractivity contribution >= 4 is 6.09 Å². The summed E-state index contributed by atoms with van der Waals surface area (Å²) in [5, 5.41) is 3.33. The number of benzene rings is 1. The van der Waals surface area contributed by atoms with Gasteiger partial charge in [-0.3, -0.25) is 0 Å². The summed E-state index contributed by atoms with van der Waals surface area (Å²) in [4.78, 5) is 14.3. The van der Waals surface area contributed by atoms with Gasteiger partial charge in [0.2, 0.25) is 0 Å². The van der Waals surface area contributed by atoms with Gasteiger partial charge in [-0.25, -0.2) is 4.79 Å². The largest absolute Gasteiger partial charge is 0.444 e. The maximum absolute atomic E-state index is 12.4. The highest BCUT2D eigenvalue weighted by molar-refractivity contribution is 5.68. The number of hydrogen-bond acceptors (Lipinski definition) is 3. The molecule has 0 bridgehead atoms. The van der Waals surface area contributed by atoms with Crippen molar-refractivity contribution in [3.05, 3.63) is 35.4 Å². The van der Waals surface area contributed by atoms with E-state index in [-0.39, 0.29) is 6.09 Å². The lowest BCUT2D eigenvalue weighted by molar-refractivity contribution is 0.0151. The van der Waals surface area contributed by atoms with Gasteiger partial charge in [0.1, 0.15) is 5.60 Å². The summed E-state index contributed by atoms with van der Waals surface area (Å²) in [5.41, 5.74) is 2.21. The normalized spacial score (nSPS) is 19.9. The fourth-order valence-corrected chi connectivity index (χ4v) is 3.51. The van der Waals surface area contributed by atoms with Gasteiger partial charge in [0.15, 0.2) is 0 Å². The summed E-state index contributed by atoms with van der Waals surface area (Å²) >= 11 is 0. The molecule has 24 heavy (non-hydrogen) atoms. The zero-order chi connectivity index (χ0) is 17.7. The predicted molar refractivity (Wildman–Crippen MR) is 98.4 cm³/mol. The standard InChI is InChI=1S/C20H32N2O2/c1-15-8-6-9-16(12-15)18(13-21-5)17-10-7-11-22(14-17)19(23)24-20(2,3)4/h6,8-9,12,17-18,21H,7,10-11,13-14H2,1-5H3. The third kappa shape index (κ3) is 5.23. The van der Waals surface area contributed by atoms with Crippen LogP contribution in [0.25, 0.3) is 0 Å². The average Bonchev–Trinajstić information content (AvgIpc) is 2.51. The third-order valence-electron chi connectivity index (χ3n) is 4.57. The van der Waals surface area contributed by atoms with Crippen LogP contribution in [-0.4, -0.2) is 43.3 Å². The molecule has 1 aromatic rings. The molecule has 4 heteroatoms. The Morgan fingerprint density at radius 2 is 2.17 bits per heavy atom. The summed E-state index contributed by atoms with van der Waals surface area (Å²) < 4.78 is 5.56. The second-order valence-electron chi connectivity index (χ2n) is 7.91. The van der Waals surface area contributed by atoms with E-state index in [0.717, 1.165) is 32.5 Å². The molecule has 2 rings (SSSR count). The molecule has 0 radical (unpaired) electrons. The van der Waals surface area contributed by atoms with Gasteiger partial charge in [0, 0.05) is 25.6 Å². The molecule has 134 valence electrons. The number of ether oxygens (including phenoxy) is 1. The van der Waals surface area contributed by atoms with Crippen molar-refractivity contribution in [1.82, 2.24) is 10.2 Å². The molecule has 1 heterocycles. The van der Waals surface area contributed by atoms with Gasteiger partial charge in [0.25, 0.3) is 0 Å². The highest BCUT2D eigenvalue weighted by atomic mass is 16.6. The quantitative estimate of drug-likeness (QED) is 0.908. The van der Waals surface area contributed by atoms with Crippen molar-refractivity contribution in [3.63, 3.8) is 0 Å². The van der Waals surface area contributed by atoms with Crippen molar-refractivity contribution in [1.29, 1.82) is 0 Å². The van der Waals surface area contributed by atoms with Gasteiger partial charge in [-0.2, -0.15) is 0 Å². The second-order valence-corrected chi connectivity index (χ2v) is 7.91. The van der Waals surface area contributed by atoms with E-state index in [1.165, 1.54) is 11.1 Å². The lowest BCUT2D eigenvalue weighted by Gasteiger charge is -2.38. The number of carbonyl (C=O) groups excluding carboxylic acids is 1. The molecule has 0 spiro atoms. The SMILES string of the molecule is CNCC(c1cccc(C)c1)C1CCCN(C(=O)OC(C)(C)C)C1. The number of rotatable bonds is 4. The second kappa shape index (κ2) is 8.02. The fraction of sp³-hybridized carbons (Fsp3) is 0.650. The zero-order valence-electron chi connectivity index (χ0n) is 15.8. The van der Waals surface area contributed by atoms with Crippen LogP contribution in [0.15, 0.2) is 24.3 Å². The van der Waals surface area contributed by atoms with Crippen LogP contribution in [0.1, 0.15) is 50.7 Å². The molecule has 0 aliphatic carbocycles. The van der Waals surface area contributed by atoms with Crippen molar-refractivity contribution in [3.8, 4) is 0 Å². The monoisotopic (exact) mass is 332 g/mol. The summed E-state index contributed by atoms with van der Waals surface area (Å²) in [6.45, 7) is 10.4. The van der Waals surface area contributed by atoms with Crippen LogP contribution in [0.3, 0.4) is 0 Å². The number of likely N-dealkylation sites (tertiary alicyclic amines) is 1. The van der Waals surface area contributed by atoms with Crippen LogP contribution < -0.4 is 5.32 Å². The summed E-state index contributed by atoms with van der Waals surface area (Å²) in [7, 11) is 2.00. The lowest BCUT2D eigenvalue weighted by Crippen LogP contribution is -2.45. The smallest absolute Gasteiger partial charge is 0.410 e. The van der Waals surface area contributed by atoms with Gasteiger partial charge in [0.05, 0.1) is 0 Å². The van der Waals surface area contributed by atoms with E-state index in [9.17, 15) is 4.79 Å². The Hall–Kier alpha value is -1.55. The highest BCUT2D eigenvalue weighted by Crippen LogP contribution is 2.32. The van der Waals surface area contributed by atoms with Crippen LogP contribution in [0.5, 0.6) is 0 Å². The van der Waals surface area contributed by atoms with Crippen LogP contribution >= 0.6 is 0 Å². The number of hydrogen-bond donors (Lipinski definition) is 1. The Balaban J connectivity index is 2.11. The van der Waals surface area contributed by atoms with E-state index in [0.29, 0.717) is 11.8 Å². The minimum absolute atomic E-state index is 0.181. The van der Waals surface area contributed by atoms with Gasteiger partial charge in [-0.05, 0) is 59.1 Å². The molecule has 2 unspecified atom stereocenters. The first-order valence-electron chi connectivity index (χ1n) is 8.99. The van der Waals surface area contributed by atoms with Crippen molar-refractivity contribution in [2.24, 2.45) is 5.92 Å². The molecule has 1 fully saturated rings. The first-order chi connectivity index (χ1) is 11.3. The molecular formula is C20H32N2O2. The Morgan fingerprint density at radius 1 is 1.42 bits per heavy atom. The van der Waals surface area contributed by atoms with Crippen molar-refractivity contribution < 1.29 is 9.53 Å². The van der Waals surface area contributed by atoms with Crippen LogP contribution in [-0.2, 0) is 4.74 Å². The number of aryl methyl sites for hydroxylation is 1. The Bertz CT molecular complexity index is 551. The minimum atomic E-state index is -0.440. The van der Waals surface area contributed by atoms with Gasteiger partial charge < -0.3 is 15.0 Å². The van der Waals surface area contributed by atoms with E-state index in [4.69, 9.17) is 4.74 Å². The number of nitrogens with one attached hydrogen (secondary N) is 1. The molecule has 4 nitrogen and oxygen atoms in total. The number of piperidine rings is 1. The van der Waals surface area contributed by atoms with E-state index >= 15 is 0 Å². The molecule has 1 aliphatic heterocycles. The summed E-state index contributed by atoms with van der Waals surface area (Å²) in [5.74, 6) is 0.876. The van der Waals surface area contributed by atoms with Crippen LogP contribution in [0.2, 0.25) is 0 Å². The Morgan fingerprint density at radius 3 is 2.79 bits per heavy atom. The molecular weight excluding hydrogens is 300 g/mol. The van der Waals surface area contributed by atoms with Crippen molar-refractivity contribution in [2.75, 3.05) is 26.7 Å². The van der Waals surface area contributed by atoms with Crippen LogP contribution in [0, 0.1) is 12.8 Å². The molecule has 1 amide bonds. The molecule has 0 aromatic heterocycles. The van der Waals surface area contributed by atoms with E-state index in [1.807, 2.05) is 32.7 Å². The van der Waals surface area contributed by atoms with Gasteiger partial charge >= 0.3 is 6.09 Å². The number of nitrogens with zero attached hydrogens (tertiary/aromatic N) is 1. The topological polar surface area (TPSA) is 41.6 Å². The molecule has 1 aromatic carbocycles. The number of carbonyl (C=O) groups is 1. The van der Waals surface area contributed by atoms with Crippen LogP contribution in [0.4, 0.5) is 4.79 Å². The molecule has 0 saturated carbocycles. The molecule has 1 N–H and O–H groups in total. The maximum Gasteiger partial charge on any atom is 0.410 e. The Labute approximate surface area is 146 Å². The number of likely N-dealkylation sites (N-methyl/N-ethyl adjacent to an activating group) is 1. The molecule has 1 aliphatic rings. The summed E-state index contributed by atoms with van der Waals surface area (Å²) in [6.07, 6.45) is 2.01. The average molecular weight is 332 g/mol. The molecule has 1 saturated heterocycles. The third-order valence-corrected chi connectivity index (χ3v) is 4.57. The zero-order valence-corrected chi connectivity index (χ0v) is 15.8. The van der Waals surface area contributed by atoms with E-state index in [1.54, 1.807) is 0 Å². The lowest BCUT2D eigenvalue weighted by atomic mass is 9.80. The number of amides is 1. The van der Waals surface area contributed by atoms with E-state index < -0.39 is 5.60 Å². The van der Waals surface area contributed by atoms with Gasteiger partial charge in [-0.1, -0.05) is 29.8 Å². The van der Waals surface area contributed by atoms with E-state index in [2.05, 4.69) is 36.5 Å². The highest BCUT2D eigenvalue weighted by Gasteiger charge is 2.32. The first-order valence-corrected chi connectivity index (χ1v) is 8.99. The van der Waals surface area contributed by atoms with Gasteiger partial charge in [-0.15, -0.1) is 0 Å². The molecule has 2 atom stereocenters.